The lowest BCUT2D eigenvalue weighted by Crippen LogP contribution is -2.51. The Morgan fingerprint density at radius 2 is 1.57 bits per heavy atom. The third kappa shape index (κ3) is 7.25. The summed E-state index contributed by atoms with van der Waals surface area (Å²) in [6.45, 7) is 8.98. The fourth-order valence-corrected chi connectivity index (χ4v) is 8.53. The molecule has 3 heterocycles. The van der Waals surface area contributed by atoms with Gasteiger partial charge in [-0.2, -0.15) is 8.61 Å². The molecule has 2 aromatic carbocycles. The van der Waals surface area contributed by atoms with E-state index in [-0.39, 0.29) is 36.8 Å². The number of hydrogen-bond acceptors (Lipinski definition) is 8. The van der Waals surface area contributed by atoms with Gasteiger partial charge in [0.15, 0.2) is 11.5 Å². The quantitative estimate of drug-likeness (QED) is 0.408. The highest BCUT2D eigenvalue weighted by Crippen LogP contribution is 2.36. The van der Waals surface area contributed by atoms with Crippen LogP contribution in [0.25, 0.3) is 5.70 Å². The first kappa shape index (κ1) is 30.7. The molecular weight excluding hydrogens is 583 g/mol. The summed E-state index contributed by atoms with van der Waals surface area (Å²) in [5.74, 6) is 1.51. The number of nitrogens with one attached hydrogen (secondary N) is 1. The summed E-state index contributed by atoms with van der Waals surface area (Å²) in [4.78, 5) is 2.32. The number of rotatable bonds is 11. The van der Waals surface area contributed by atoms with Crippen molar-refractivity contribution in [3.05, 3.63) is 60.4 Å². The number of likely N-dealkylation sites (tertiary alicyclic amines) is 1. The van der Waals surface area contributed by atoms with Crippen LogP contribution in [0, 0.1) is 11.7 Å². The first-order chi connectivity index (χ1) is 20.1. The van der Waals surface area contributed by atoms with Gasteiger partial charge < -0.3 is 19.7 Å². The molecule has 0 saturated carbocycles. The van der Waals surface area contributed by atoms with Gasteiger partial charge in [-0.3, -0.25) is 0 Å². The Morgan fingerprint density at radius 1 is 0.905 bits per heavy atom. The highest BCUT2D eigenvalue weighted by Gasteiger charge is 2.33. The summed E-state index contributed by atoms with van der Waals surface area (Å²) < 4.78 is 78.9. The summed E-state index contributed by atoms with van der Waals surface area (Å²) in [5.41, 5.74) is 1.74. The van der Waals surface area contributed by atoms with Crippen molar-refractivity contribution in [1.82, 2.24) is 18.8 Å². The molecular formula is C29H39FN4O6S2. The number of benzene rings is 2. The SMILES string of the molecule is C=C(NCC1CCN(CCCS(=O)(=O)N2CCN(S(=O)(=O)c3ccc(F)cc3)CC2)CC1)c1cccc2c1OCCO2. The molecule has 42 heavy (non-hydrogen) atoms. The van der Waals surface area contributed by atoms with E-state index in [1.807, 2.05) is 18.2 Å². The van der Waals surface area contributed by atoms with Crippen LogP contribution in [-0.2, 0) is 20.0 Å². The molecule has 0 unspecified atom stereocenters. The van der Waals surface area contributed by atoms with Gasteiger partial charge in [0, 0.05) is 44.0 Å². The van der Waals surface area contributed by atoms with E-state index in [0.29, 0.717) is 32.1 Å². The van der Waals surface area contributed by atoms with Crippen molar-refractivity contribution < 1.29 is 30.7 Å². The first-order valence-corrected chi connectivity index (χ1v) is 17.5. The number of sulfonamides is 2. The van der Waals surface area contributed by atoms with E-state index in [9.17, 15) is 21.2 Å². The highest BCUT2D eigenvalue weighted by atomic mass is 32.2. The third-order valence-electron chi connectivity index (χ3n) is 8.12. The maximum Gasteiger partial charge on any atom is 0.243 e. The van der Waals surface area contributed by atoms with Gasteiger partial charge in [-0.05, 0) is 81.2 Å². The van der Waals surface area contributed by atoms with Crippen LogP contribution in [0.15, 0.2) is 53.9 Å². The minimum atomic E-state index is -3.79. The van der Waals surface area contributed by atoms with Gasteiger partial charge in [-0.25, -0.2) is 21.2 Å². The van der Waals surface area contributed by atoms with Gasteiger partial charge >= 0.3 is 0 Å². The Balaban J connectivity index is 1.01. The standard InChI is InChI=1S/C29H39FN4O6S2/c1-23(27-4-2-5-28-29(27)40-20-19-39-28)31-22-24-10-13-32(14-11-24)12-3-21-41(35,36)33-15-17-34(18-16-33)42(37,38)26-8-6-25(30)7-9-26/h2,4-9,24,31H,1,3,10-22H2. The third-order valence-corrected chi connectivity index (χ3v) is 12.0. The monoisotopic (exact) mass is 622 g/mol. The summed E-state index contributed by atoms with van der Waals surface area (Å²) >= 11 is 0. The average molecular weight is 623 g/mol. The molecule has 10 nitrogen and oxygen atoms in total. The van der Waals surface area contributed by atoms with Crippen LogP contribution in [0.1, 0.15) is 24.8 Å². The Labute approximate surface area is 248 Å². The zero-order valence-corrected chi connectivity index (χ0v) is 25.3. The summed E-state index contributed by atoms with van der Waals surface area (Å²) in [7, 11) is -7.28. The van der Waals surface area contributed by atoms with Gasteiger partial charge in [-0.15, -0.1) is 0 Å². The van der Waals surface area contributed by atoms with Crippen molar-refractivity contribution in [1.29, 1.82) is 0 Å². The summed E-state index contributed by atoms with van der Waals surface area (Å²) in [5, 5.41) is 3.47. The predicted octanol–water partition coefficient (Wildman–Crippen LogP) is 2.60. The van der Waals surface area contributed by atoms with Gasteiger partial charge in [-0.1, -0.05) is 12.6 Å². The number of piperidine rings is 1. The van der Waals surface area contributed by atoms with E-state index in [2.05, 4.69) is 16.8 Å². The van der Waals surface area contributed by atoms with Crippen molar-refractivity contribution in [2.45, 2.75) is 24.2 Å². The van der Waals surface area contributed by atoms with Crippen LogP contribution in [0.3, 0.4) is 0 Å². The lowest BCUT2D eigenvalue weighted by atomic mass is 9.96. The highest BCUT2D eigenvalue weighted by molar-refractivity contribution is 7.89. The minimum Gasteiger partial charge on any atom is -0.486 e. The van der Waals surface area contributed by atoms with E-state index in [0.717, 1.165) is 67.4 Å². The van der Waals surface area contributed by atoms with Crippen molar-refractivity contribution in [3.63, 3.8) is 0 Å². The second kappa shape index (κ2) is 13.3. The molecule has 0 aromatic heterocycles. The van der Waals surface area contributed by atoms with E-state index < -0.39 is 25.9 Å². The van der Waals surface area contributed by atoms with Gasteiger partial charge in [0.1, 0.15) is 19.0 Å². The molecule has 0 bridgehead atoms. The molecule has 2 aromatic rings. The summed E-state index contributed by atoms with van der Waals surface area (Å²) in [6.07, 6.45) is 2.56. The van der Waals surface area contributed by atoms with Gasteiger partial charge in [0.05, 0.1) is 10.6 Å². The molecule has 2 saturated heterocycles. The molecule has 0 radical (unpaired) electrons. The van der Waals surface area contributed by atoms with Crippen molar-refractivity contribution in [2.24, 2.45) is 5.92 Å². The second-order valence-corrected chi connectivity index (χ2v) is 14.9. The molecule has 0 aliphatic carbocycles. The molecule has 13 heteroatoms. The predicted molar refractivity (Wildman–Crippen MR) is 159 cm³/mol. The Hall–Kier alpha value is -2.71. The number of fused-ring (bicyclic) bond motifs is 1. The van der Waals surface area contributed by atoms with Gasteiger partial charge in [0.25, 0.3) is 0 Å². The average Bonchev–Trinajstić information content (AvgIpc) is 3.00. The lowest BCUT2D eigenvalue weighted by molar-refractivity contribution is 0.171. The van der Waals surface area contributed by atoms with E-state index >= 15 is 0 Å². The zero-order valence-electron chi connectivity index (χ0n) is 23.7. The molecule has 230 valence electrons. The molecule has 5 rings (SSSR count). The maximum absolute atomic E-state index is 13.2. The summed E-state index contributed by atoms with van der Waals surface area (Å²) in [6, 6.07) is 10.5. The van der Waals surface area contributed by atoms with Crippen LogP contribution >= 0.6 is 0 Å². The maximum atomic E-state index is 13.2. The normalized spacial score (nSPS) is 19.5. The van der Waals surface area contributed by atoms with E-state index in [1.165, 1.54) is 20.7 Å². The second-order valence-electron chi connectivity index (χ2n) is 10.9. The van der Waals surface area contributed by atoms with Crippen LogP contribution in [-0.4, -0.2) is 102 Å². The van der Waals surface area contributed by atoms with E-state index in [4.69, 9.17) is 9.47 Å². The Kier molecular flexibility index (Phi) is 9.73. The fraction of sp³-hybridized carbons (Fsp3) is 0.517. The number of para-hydroxylation sites is 1. The first-order valence-electron chi connectivity index (χ1n) is 14.4. The molecule has 3 aliphatic rings. The van der Waals surface area contributed by atoms with Crippen molar-refractivity contribution in [3.8, 4) is 11.5 Å². The molecule has 3 aliphatic heterocycles. The smallest absolute Gasteiger partial charge is 0.243 e. The molecule has 1 N–H and O–H groups in total. The molecule has 0 spiro atoms. The molecule has 0 atom stereocenters. The van der Waals surface area contributed by atoms with Crippen LogP contribution in [0.4, 0.5) is 4.39 Å². The van der Waals surface area contributed by atoms with Crippen molar-refractivity contribution >= 4 is 25.7 Å². The number of nitrogens with zero attached hydrogens (tertiary/aromatic N) is 3. The Bertz CT molecular complexity index is 1450. The number of halogens is 1. The lowest BCUT2D eigenvalue weighted by Gasteiger charge is -2.34. The van der Waals surface area contributed by atoms with Crippen LogP contribution in [0.2, 0.25) is 0 Å². The zero-order chi connectivity index (χ0) is 29.7. The van der Waals surface area contributed by atoms with Crippen LogP contribution in [0.5, 0.6) is 11.5 Å². The van der Waals surface area contributed by atoms with Gasteiger partial charge in [0.2, 0.25) is 20.0 Å². The van der Waals surface area contributed by atoms with Crippen molar-refractivity contribution in [2.75, 3.05) is 71.3 Å². The molecule has 2 fully saturated rings. The van der Waals surface area contributed by atoms with E-state index in [1.54, 1.807) is 0 Å². The largest absolute Gasteiger partial charge is 0.486 e. The Morgan fingerprint density at radius 3 is 2.29 bits per heavy atom. The topological polar surface area (TPSA) is 108 Å². The number of hydrogen-bond donors (Lipinski definition) is 1. The molecule has 0 amide bonds. The van der Waals surface area contributed by atoms with Crippen LogP contribution < -0.4 is 14.8 Å². The minimum absolute atomic E-state index is 0.00382. The number of piperazine rings is 1. The fourth-order valence-electron chi connectivity index (χ4n) is 5.63. The number of ether oxygens (including phenoxy) is 2.